The van der Waals surface area contributed by atoms with Crippen LogP contribution in [0.4, 0.5) is 5.82 Å². The second-order valence-electron chi connectivity index (χ2n) is 5.82. The van der Waals surface area contributed by atoms with Gasteiger partial charge in [0.05, 0.1) is 11.4 Å². The predicted octanol–water partition coefficient (Wildman–Crippen LogP) is 3.97. The molecule has 1 atom stereocenters. The van der Waals surface area contributed by atoms with Crippen molar-refractivity contribution in [2.75, 3.05) is 26.0 Å². The Labute approximate surface area is 141 Å². The van der Waals surface area contributed by atoms with E-state index in [1.165, 1.54) is 11.1 Å². The second kappa shape index (κ2) is 7.06. The molecule has 1 N–H and O–H groups in total. The van der Waals surface area contributed by atoms with E-state index in [1.807, 2.05) is 0 Å². The fourth-order valence-electron chi connectivity index (χ4n) is 2.70. The number of fused-ring (bicyclic) bond motifs is 1. The summed E-state index contributed by atoms with van der Waals surface area (Å²) in [5.74, 6) is 0.910. The molecular formula is C18H22N4S. The summed E-state index contributed by atoms with van der Waals surface area (Å²) in [7, 11) is 4.22. The number of likely N-dealkylation sites (N-methyl/N-ethyl adjacent to an activating group) is 1. The molecule has 0 aliphatic carbocycles. The summed E-state index contributed by atoms with van der Waals surface area (Å²) < 4.78 is 0. The molecule has 0 fully saturated rings. The van der Waals surface area contributed by atoms with Gasteiger partial charge in [-0.15, -0.1) is 11.3 Å². The van der Waals surface area contributed by atoms with Gasteiger partial charge in [-0.25, -0.2) is 9.97 Å². The zero-order valence-corrected chi connectivity index (χ0v) is 14.6. The molecule has 5 heteroatoms. The first-order valence-corrected chi connectivity index (χ1v) is 8.74. The molecule has 1 aromatic carbocycles. The van der Waals surface area contributed by atoms with Gasteiger partial charge in [0.25, 0.3) is 0 Å². The largest absolute Gasteiger partial charge is 0.368 e. The molecule has 2 aromatic heterocycles. The van der Waals surface area contributed by atoms with Gasteiger partial charge < -0.3 is 10.2 Å². The average Bonchev–Trinajstić information content (AvgIpc) is 3.04. The third kappa shape index (κ3) is 3.51. The first-order chi connectivity index (χ1) is 11.2. The van der Waals surface area contributed by atoms with E-state index in [9.17, 15) is 0 Å². The molecule has 0 radical (unpaired) electrons. The monoisotopic (exact) mass is 326 g/mol. The van der Waals surface area contributed by atoms with Crippen LogP contribution in [-0.2, 0) is 6.42 Å². The third-order valence-electron chi connectivity index (χ3n) is 4.12. The maximum Gasteiger partial charge on any atom is 0.138 e. The molecule has 0 amide bonds. The van der Waals surface area contributed by atoms with E-state index >= 15 is 0 Å². The molecule has 0 unspecified atom stereocenters. The summed E-state index contributed by atoms with van der Waals surface area (Å²) in [6.07, 6.45) is 2.70. The summed E-state index contributed by atoms with van der Waals surface area (Å²) in [6, 6.07) is 11.3. The van der Waals surface area contributed by atoms with Crippen LogP contribution in [0.15, 0.2) is 42.0 Å². The molecule has 4 nitrogen and oxygen atoms in total. The smallest absolute Gasteiger partial charge is 0.138 e. The predicted molar refractivity (Wildman–Crippen MR) is 98.2 cm³/mol. The van der Waals surface area contributed by atoms with Gasteiger partial charge in [0.15, 0.2) is 0 Å². The van der Waals surface area contributed by atoms with Crippen LogP contribution < -0.4 is 5.32 Å². The lowest BCUT2D eigenvalue weighted by atomic mass is 10.0. The molecule has 0 saturated carbocycles. The fraction of sp³-hybridized carbons (Fsp3) is 0.333. The number of benzene rings is 1. The SMILES string of the molecule is CCc1ccc([C@@H](CNc2ncnc3sccc23)N(C)C)cc1. The lowest BCUT2D eigenvalue weighted by Crippen LogP contribution is -2.27. The number of hydrogen-bond acceptors (Lipinski definition) is 5. The van der Waals surface area contributed by atoms with E-state index in [2.05, 4.69) is 76.9 Å². The normalized spacial score (nSPS) is 12.7. The van der Waals surface area contributed by atoms with E-state index in [0.29, 0.717) is 6.04 Å². The minimum atomic E-state index is 0.296. The Hall–Kier alpha value is -1.98. The van der Waals surface area contributed by atoms with E-state index < -0.39 is 0 Å². The Morgan fingerprint density at radius 2 is 1.91 bits per heavy atom. The molecule has 3 aromatic rings. The fourth-order valence-corrected chi connectivity index (χ4v) is 3.43. The Bertz CT molecular complexity index is 764. The van der Waals surface area contributed by atoms with Crippen molar-refractivity contribution in [3.05, 3.63) is 53.2 Å². The van der Waals surface area contributed by atoms with Crippen molar-refractivity contribution < 1.29 is 0 Å². The molecule has 2 heterocycles. The van der Waals surface area contributed by atoms with E-state index in [4.69, 9.17) is 0 Å². The Kier molecular flexibility index (Phi) is 4.88. The van der Waals surface area contributed by atoms with E-state index in [-0.39, 0.29) is 0 Å². The van der Waals surface area contributed by atoms with Crippen LogP contribution in [0.3, 0.4) is 0 Å². The van der Waals surface area contributed by atoms with Gasteiger partial charge in [-0.2, -0.15) is 0 Å². The molecular weight excluding hydrogens is 304 g/mol. The molecule has 3 rings (SSSR count). The van der Waals surface area contributed by atoms with Gasteiger partial charge in [0.1, 0.15) is 17.0 Å². The van der Waals surface area contributed by atoms with Gasteiger partial charge in [0.2, 0.25) is 0 Å². The average molecular weight is 326 g/mol. The van der Waals surface area contributed by atoms with Crippen LogP contribution in [0, 0.1) is 0 Å². The van der Waals surface area contributed by atoms with Crippen LogP contribution in [0.25, 0.3) is 10.2 Å². The lowest BCUT2D eigenvalue weighted by Gasteiger charge is -2.25. The molecule has 0 saturated heterocycles. The van der Waals surface area contributed by atoms with Gasteiger partial charge in [-0.1, -0.05) is 31.2 Å². The Morgan fingerprint density at radius 1 is 1.13 bits per heavy atom. The number of anilines is 1. The number of hydrogen-bond donors (Lipinski definition) is 1. The van der Waals surface area contributed by atoms with Crippen LogP contribution in [0.1, 0.15) is 24.1 Å². The van der Waals surface area contributed by atoms with Gasteiger partial charge >= 0.3 is 0 Å². The summed E-state index contributed by atoms with van der Waals surface area (Å²) in [6.45, 7) is 2.99. The highest BCUT2D eigenvalue weighted by Gasteiger charge is 2.15. The Balaban J connectivity index is 1.78. The lowest BCUT2D eigenvalue weighted by molar-refractivity contribution is 0.311. The summed E-state index contributed by atoms with van der Waals surface area (Å²) in [5, 5.41) is 6.64. The second-order valence-corrected chi connectivity index (χ2v) is 6.71. The van der Waals surface area contributed by atoms with Crippen LogP contribution in [0.2, 0.25) is 0 Å². The molecule has 23 heavy (non-hydrogen) atoms. The molecule has 0 aliphatic rings. The summed E-state index contributed by atoms with van der Waals surface area (Å²) in [4.78, 5) is 12.0. The molecule has 0 aliphatic heterocycles. The number of aryl methyl sites for hydroxylation is 1. The maximum atomic E-state index is 4.40. The van der Waals surface area contributed by atoms with E-state index in [1.54, 1.807) is 17.7 Å². The Morgan fingerprint density at radius 3 is 2.61 bits per heavy atom. The molecule has 120 valence electrons. The number of nitrogens with one attached hydrogen (secondary N) is 1. The van der Waals surface area contributed by atoms with Crippen LogP contribution >= 0.6 is 11.3 Å². The van der Waals surface area contributed by atoms with Crippen molar-refractivity contribution in [2.24, 2.45) is 0 Å². The molecule has 0 spiro atoms. The van der Waals surface area contributed by atoms with Crippen LogP contribution in [0.5, 0.6) is 0 Å². The minimum absolute atomic E-state index is 0.296. The zero-order chi connectivity index (χ0) is 16.2. The van der Waals surface area contributed by atoms with Gasteiger partial charge in [0, 0.05) is 6.54 Å². The quantitative estimate of drug-likeness (QED) is 0.744. The van der Waals surface area contributed by atoms with E-state index in [0.717, 1.165) is 29.0 Å². The highest BCUT2D eigenvalue weighted by molar-refractivity contribution is 7.16. The van der Waals surface area contributed by atoms with Crippen molar-refractivity contribution in [1.29, 1.82) is 0 Å². The van der Waals surface area contributed by atoms with Crippen molar-refractivity contribution in [3.8, 4) is 0 Å². The first-order valence-electron chi connectivity index (χ1n) is 7.86. The standard InChI is InChI=1S/C18H22N4S/c1-4-13-5-7-14(8-6-13)16(22(2)3)11-19-17-15-9-10-23-18(15)21-12-20-17/h5-10,12,16H,4,11H2,1-3H3,(H,19,20,21)/t16-/m1/s1. The molecule has 0 bridgehead atoms. The van der Waals surface area contributed by atoms with Gasteiger partial charge in [-0.3, -0.25) is 0 Å². The minimum Gasteiger partial charge on any atom is -0.368 e. The highest BCUT2D eigenvalue weighted by Crippen LogP contribution is 2.25. The van der Waals surface area contributed by atoms with Crippen molar-refractivity contribution in [2.45, 2.75) is 19.4 Å². The number of nitrogens with zero attached hydrogens (tertiary/aromatic N) is 3. The number of aromatic nitrogens is 2. The highest BCUT2D eigenvalue weighted by atomic mass is 32.1. The van der Waals surface area contributed by atoms with Crippen LogP contribution in [-0.4, -0.2) is 35.5 Å². The summed E-state index contributed by atoms with van der Waals surface area (Å²) in [5.41, 5.74) is 2.69. The number of thiophene rings is 1. The van der Waals surface area contributed by atoms with Crippen molar-refractivity contribution >= 4 is 27.4 Å². The third-order valence-corrected chi connectivity index (χ3v) is 4.94. The van der Waals surface area contributed by atoms with Crippen molar-refractivity contribution in [3.63, 3.8) is 0 Å². The van der Waals surface area contributed by atoms with Crippen molar-refractivity contribution in [1.82, 2.24) is 14.9 Å². The van der Waals surface area contributed by atoms with Gasteiger partial charge in [-0.05, 0) is 43.1 Å². The number of rotatable bonds is 6. The zero-order valence-electron chi connectivity index (χ0n) is 13.8. The maximum absolute atomic E-state index is 4.40. The topological polar surface area (TPSA) is 41.1 Å². The summed E-state index contributed by atoms with van der Waals surface area (Å²) >= 11 is 1.64. The first kappa shape index (κ1) is 15.9.